The van der Waals surface area contributed by atoms with Crippen LogP contribution in [0.1, 0.15) is 18.0 Å². The minimum absolute atomic E-state index is 0.00597. The molecule has 3 N–H and O–H groups in total. The van der Waals surface area contributed by atoms with Crippen molar-refractivity contribution in [3.63, 3.8) is 0 Å². The predicted octanol–water partition coefficient (Wildman–Crippen LogP) is 3.12. The van der Waals surface area contributed by atoms with Crippen molar-refractivity contribution in [3.8, 4) is 11.5 Å². The number of benzene rings is 1. The molecule has 1 atom stereocenters. The van der Waals surface area contributed by atoms with Crippen LogP contribution < -0.4 is 10.5 Å². The average Bonchev–Trinajstić information content (AvgIpc) is 2.18. The minimum atomic E-state index is -4.39. The molecule has 1 rings (SSSR count). The van der Waals surface area contributed by atoms with E-state index in [1.54, 1.807) is 0 Å². The summed E-state index contributed by atoms with van der Waals surface area (Å²) in [6.07, 6.45) is -5.60. The Hall–Kier alpha value is -0.950. The largest absolute Gasteiger partial charge is 0.504 e. The van der Waals surface area contributed by atoms with Gasteiger partial charge in [0.15, 0.2) is 11.5 Å². The maximum atomic E-state index is 12.2. The summed E-state index contributed by atoms with van der Waals surface area (Å²) in [6, 6.07) is 1.45. The highest BCUT2D eigenvalue weighted by molar-refractivity contribution is 9.10. The Morgan fingerprint density at radius 1 is 1.47 bits per heavy atom. The van der Waals surface area contributed by atoms with Crippen molar-refractivity contribution in [2.45, 2.75) is 18.6 Å². The van der Waals surface area contributed by atoms with Gasteiger partial charge in [-0.25, -0.2) is 0 Å². The predicted molar refractivity (Wildman–Crippen MR) is 60.0 cm³/mol. The lowest BCUT2D eigenvalue weighted by Gasteiger charge is -2.17. The maximum absolute atomic E-state index is 12.2. The van der Waals surface area contributed by atoms with Gasteiger partial charge in [-0.1, -0.05) is 15.9 Å². The lowest BCUT2D eigenvalue weighted by Crippen LogP contribution is -2.20. The Labute approximate surface area is 105 Å². The van der Waals surface area contributed by atoms with Gasteiger partial charge in [0.05, 0.1) is 13.5 Å². The first-order chi connectivity index (χ1) is 7.74. The van der Waals surface area contributed by atoms with E-state index < -0.39 is 18.6 Å². The molecule has 96 valence electrons. The molecule has 0 fully saturated rings. The molecule has 0 unspecified atom stereocenters. The molecule has 0 aliphatic carbocycles. The molecule has 1 aromatic rings. The Morgan fingerprint density at radius 2 is 2.06 bits per heavy atom. The number of nitrogens with two attached hydrogens (primary N) is 1. The van der Waals surface area contributed by atoms with Crippen LogP contribution in [0.25, 0.3) is 0 Å². The van der Waals surface area contributed by atoms with Crippen molar-refractivity contribution in [1.82, 2.24) is 0 Å². The van der Waals surface area contributed by atoms with Crippen LogP contribution >= 0.6 is 15.9 Å². The first-order valence-corrected chi connectivity index (χ1v) is 5.42. The quantitative estimate of drug-likeness (QED) is 0.901. The number of halogens is 4. The van der Waals surface area contributed by atoms with Gasteiger partial charge in [0.2, 0.25) is 0 Å². The fraction of sp³-hybridized carbons (Fsp3) is 0.400. The number of alkyl halides is 3. The molecule has 0 aromatic heterocycles. The monoisotopic (exact) mass is 313 g/mol. The summed E-state index contributed by atoms with van der Waals surface area (Å²) in [5, 5.41) is 9.69. The summed E-state index contributed by atoms with van der Waals surface area (Å²) in [6.45, 7) is 0. The van der Waals surface area contributed by atoms with E-state index >= 15 is 0 Å². The number of hydrogen-bond donors (Lipinski definition) is 2. The summed E-state index contributed by atoms with van der Waals surface area (Å²) in [7, 11) is 1.31. The zero-order valence-corrected chi connectivity index (χ0v) is 10.5. The summed E-state index contributed by atoms with van der Waals surface area (Å²) in [4.78, 5) is 0. The second kappa shape index (κ2) is 5.14. The summed E-state index contributed by atoms with van der Waals surface area (Å²) in [5.41, 5.74) is 5.41. The van der Waals surface area contributed by atoms with E-state index in [0.717, 1.165) is 0 Å². The molecule has 0 amide bonds. The molecule has 0 radical (unpaired) electrons. The first-order valence-electron chi connectivity index (χ1n) is 4.63. The third kappa shape index (κ3) is 3.78. The average molecular weight is 314 g/mol. The Balaban J connectivity index is 3.09. The fourth-order valence-corrected chi connectivity index (χ4v) is 1.85. The number of aromatic hydroxyl groups is 1. The molecule has 0 saturated heterocycles. The number of hydrogen-bond acceptors (Lipinski definition) is 3. The number of phenolic OH excluding ortho intramolecular Hbond substituents is 1. The molecule has 0 spiro atoms. The van der Waals surface area contributed by atoms with Gasteiger partial charge in [-0.15, -0.1) is 0 Å². The van der Waals surface area contributed by atoms with Crippen molar-refractivity contribution in [3.05, 3.63) is 22.2 Å². The van der Waals surface area contributed by atoms with E-state index in [9.17, 15) is 18.3 Å². The molecular weight excluding hydrogens is 303 g/mol. The summed E-state index contributed by atoms with van der Waals surface area (Å²) in [5.74, 6) is -0.292. The van der Waals surface area contributed by atoms with Crippen LogP contribution in [-0.4, -0.2) is 18.4 Å². The lowest BCUT2D eigenvalue weighted by molar-refractivity contribution is -0.138. The fourth-order valence-electron chi connectivity index (χ4n) is 1.39. The number of phenols is 1. The van der Waals surface area contributed by atoms with Gasteiger partial charge in [-0.3, -0.25) is 0 Å². The second-order valence-electron chi connectivity index (χ2n) is 3.47. The molecule has 0 saturated carbocycles. The smallest absolute Gasteiger partial charge is 0.390 e. The van der Waals surface area contributed by atoms with E-state index in [1.807, 2.05) is 0 Å². The van der Waals surface area contributed by atoms with Gasteiger partial charge in [0, 0.05) is 16.1 Å². The zero-order chi connectivity index (χ0) is 13.2. The van der Waals surface area contributed by atoms with Gasteiger partial charge >= 0.3 is 6.18 Å². The summed E-state index contributed by atoms with van der Waals surface area (Å²) >= 11 is 3.11. The SMILES string of the molecule is COc1cc(Br)cc([C@@H](N)CC(F)(F)F)c1O. The second-order valence-corrected chi connectivity index (χ2v) is 4.39. The van der Waals surface area contributed by atoms with Gasteiger partial charge in [-0.2, -0.15) is 13.2 Å². The Kier molecular flexibility index (Phi) is 4.26. The number of methoxy groups -OCH3 is 1. The number of rotatable bonds is 3. The van der Waals surface area contributed by atoms with Gasteiger partial charge in [-0.05, 0) is 12.1 Å². The molecule has 0 aliphatic rings. The molecule has 17 heavy (non-hydrogen) atoms. The van der Waals surface area contributed by atoms with E-state index in [4.69, 9.17) is 10.5 Å². The molecule has 1 aromatic carbocycles. The third-order valence-electron chi connectivity index (χ3n) is 2.14. The van der Waals surface area contributed by atoms with Crippen molar-refractivity contribution in [1.29, 1.82) is 0 Å². The number of ether oxygens (including phenoxy) is 1. The summed E-state index contributed by atoms with van der Waals surface area (Å²) < 4.78 is 41.9. The lowest BCUT2D eigenvalue weighted by atomic mass is 10.0. The van der Waals surface area contributed by atoms with E-state index in [-0.39, 0.29) is 17.1 Å². The topological polar surface area (TPSA) is 55.5 Å². The molecular formula is C10H11BrF3NO2. The van der Waals surface area contributed by atoms with Crippen LogP contribution in [0.4, 0.5) is 13.2 Å². The molecule has 0 aliphatic heterocycles. The highest BCUT2D eigenvalue weighted by Gasteiger charge is 2.32. The first kappa shape index (κ1) is 14.1. The van der Waals surface area contributed by atoms with Crippen LogP contribution in [-0.2, 0) is 0 Å². The molecule has 3 nitrogen and oxygen atoms in total. The van der Waals surface area contributed by atoms with Crippen molar-refractivity contribution >= 4 is 15.9 Å². The van der Waals surface area contributed by atoms with Gasteiger partial charge in [0.1, 0.15) is 0 Å². The Morgan fingerprint density at radius 3 is 2.53 bits per heavy atom. The van der Waals surface area contributed by atoms with Crippen LogP contribution in [0, 0.1) is 0 Å². The molecule has 7 heteroatoms. The van der Waals surface area contributed by atoms with Gasteiger partial charge in [0.25, 0.3) is 0 Å². The van der Waals surface area contributed by atoms with E-state index in [2.05, 4.69) is 15.9 Å². The van der Waals surface area contributed by atoms with Crippen molar-refractivity contribution in [2.75, 3.05) is 7.11 Å². The van der Waals surface area contributed by atoms with Crippen LogP contribution in [0.3, 0.4) is 0 Å². The normalized spacial score (nSPS) is 13.5. The van der Waals surface area contributed by atoms with Crippen LogP contribution in [0.15, 0.2) is 16.6 Å². The maximum Gasteiger partial charge on any atom is 0.390 e. The van der Waals surface area contributed by atoms with Crippen molar-refractivity contribution < 1.29 is 23.0 Å². The molecule has 0 heterocycles. The van der Waals surface area contributed by atoms with Crippen LogP contribution in [0.2, 0.25) is 0 Å². The van der Waals surface area contributed by atoms with Crippen molar-refractivity contribution in [2.24, 2.45) is 5.73 Å². The molecule has 0 bridgehead atoms. The van der Waals surface area contributed by atoms with Gasteiger partial charge < -0.3 is 15.6 Å². The third-order valence-corrected chi connectivity index (χ3v) is 2.60. The Bertz CT molecular complexity index is 409. The van der Waals surface area contributed by atoms with E-state index in [1.165, 1.54) is 19.2 Å². The highest BCUT2D eigenvalue weighted by atomic mass is 79.9. The van der Waals surface area contributed by atoms with Crippen LogP contribution in [0.5, 0.6) is 11.5 Å². The standard InChI is InChI=1S/C10H11BrF3NO2/c1-17-8-3-5(11)2-6(9(8)16)7(15)4-10(12,13)14/h2-3,7,16H,4,15H2,1H3/t7-/m0/s1. The minimum Gasteiger partial charge on any atom is -0.504 e. The highest BCUT2D eigenvalue weighted by Crippen LogP contribution is 2.39. The van der Waals surface area contributed by atoms with E-state index in [0.29, 0.717) is 4.47 Å². The zero-order valence-electron chi connectivity index (χ0n) is 8.88.